The summed E-state index contributed by atoms with van der Waals surface area (Å²) in [5, 5.41) is 3.67. The molecule has 0 atom stereocenters. The van der Waals surface area contributed by atoms with Crippen molar-refractivity contribution in [3.05, 3.63) is 63.3 Å². The number of benzene rings is 2. The molecule has 0 spiro atoms. The molecule has 1 aliphatic rings. The summed E-state index contributed by atoms with van der Waals surface area (Å²) in [6, 6.07) is 7.95. The highest BCUT2D eigenvalue weighted by Gasteiger charge is 2.01. The third-order valence-corrected chi connectivity index (χ3v) is 4.91. The van der Waals surface area contributed by atoms with Crippen molar-refractivity contribution in [2.24, 2.45) is 9.98 Å². The van der Waals surface area contributed by atoms with E-state index in [0.29, 0.717) is 0 Å². The summed E-state index contributed by atoms with van der Waals surface area (Å²) in [6.45, 7) is 0. The van der Waals surface area contributed by atoms with E-state index in [1.54, 1.807) is 0 Å². The molecule has 0 aromatic heterocycles. The Hall–Kier alpha value is -0.300. The van der Waals surface area contributed by atoms with Crippen LogP contribution in [0.4, 0.5) is 0 Å². The molecule has 0 fully saturated rings. The van der Waals surface area contributed by atoms with Gasteiger partial charge in [0, 0.05) is 40.7 Å². The van der Waals surface area contributed by atoms with Crippen LogP contribution >= 0.6 is 63.7 Å². The molecule has 2 aromatic carbocycles. The summed E-state index contributed by atoms with van der Waals surface area (Å²) in [5.74, 6) is 0. The quantitative estimate of drug-likeness (QED) is 0.509. The van der Waals surface area contributed by atoms with Gasteiger partial charge in [-0.25, -0.2) is 0 Å². The first-order chi connectivity index (χ1) is 9.54. The lowest BCUT2D eigenvalue weighted by Crippen LogP contribution is -2.31. The Morgan fingerprint density at radius 2 is 1.00 bits per heavy atom. The molecular formula is C14H6Br4N2. The lowest BCUT2D eigenvalue weighted by atomic mass is 10.2. The molecule has 0 saturated carbocycles. The molecular weight excluding hydrogens is 516 g/mol. The number of hydrogen-bond donors (Lipinski definition) is 0. The molecule has 1 heterocycles. The van der Waals surface area contributed by atoms with E-state index in [-0.39, 0.29) is 0 Å². The maximum atomic E-state index is 4.59. The minimum atomic E-state index is 0.874. The SMILES string of the molecule is Brc1cc(Br)c2c(c1)=CN=c1c(Br)cc(Br)cc1=CN=2. The van der Waals surface area contributed by atoms with Gasteiger partial charge in [-0.1, -0.05) is 31.9 Å². The minimum absolute atomic E-state index is 0.874. The molecule has 3 rings (SSSR count). The Balaban J connectivity index is 2.47. The standard InChI is InChI=1S/C14H6Br4N2/c15-9-1-7-5-19-14-8(2-10(16)4-12(14)18)6-20-13(7)11(17)3-9/h1-6H. The lowest BCUT2D eigenvalue weighted by molar-refractivity contribution is 1.23. The van der Waals surface area contributed by atoms with Crippen molar-refractivity contribution in [3.8, 4) is 0 Å². The largest absolute Gasteiger partial charge is 0.254 e. The molecule has 1 aliphatic heterocycles. The average molecular weight is 522 g/mol. The van der Waals surface area contributed by atoms with E-state index in [9.17, 15) is 0 Å². The summed E-state index contributed by atoms with van der Waals surface area (Å²) < 4.78 is 3.84. The summed E-state index contributed by atoms with van der Waals surface area (Å²) >= 11 is 14.0. The molecule has 2 aromatic rings. The van der Waals surface area contributed by atoms with E-state index >= 15 is 0 Å². The fourth-order valence-corrected chi connectivity index (χ4v) is 4.63. The first kappa shape index (κ1) is 14.6. The molecule has 0 aliphatic carbocycles. The highest BCUT2D eigenvalue weighted by molar-refractivity contribution is 9.11. The van der Waals surface area contributed by atoms with E-state index in [1.165, 1.54) is 0 Å². The van der Waals surface area contributed by atoms with Gasteiger partial charge in [0.2, 0.25) is 0 Å². The first-order valence-corrected chi connectivity index (χ1v) is 8.78. The van der Waals surface area contributed by atoms with Crippen molar-refractivity contribution < 1.29 is 0 Å². The normalized spacial score (nSPS) is 12.6. The third-order valence-electron chi connectivity index (χ3n) is 2.78. The molecule has 0 saturated heterocycles. The number of halogens is 4. The highest BCUT2D eigenvalue weighted by Crippen LogP contribution is 2.12. The maximum Gasteiger partial charge on any atom is 0.0860 e. The summed E-state index contributed by atoms with van der Waals surface area (Å²) in [6.07, 6.45) is 3.66. The van der Waals surface area contributed by atoms with E-state index in [4.69, 9.17) is 0 Å². The fraction of sp³-hybridized carbons (Fsp3) is 0. The van der Waals surface area contributed by atoms with E-state index in [2.05, 4.69) is 73.7 Å². The zero-order valence-corrected chi connectivity index (χ0v) is 16.2. The summed E-state index contributed by atoms with van der Waals surface area (Å²) in [7, 11) is 0. The predicted octanol–water partition coefficient (Wildman–Crippen LogP) is 3.17. The number of nitrogens with zero attached hydrogens (tertiary/aromatic N) is 2. The number of fused-ring (bicyclic) bond motifs is 2. The lowest BCUT2D eigenvalue weighted by Gasteiger charge is -2.00. The van der Waals surface area contributed by atoms with Gasteiger partial charge < -0.3 is 0 Å². The van der Waals surface area contributed by atoms with E-state index in [1.807, 2.05) is 36.7 Å². The molecule has 0 unspecified atom stereocenters. The van der Waals surface area contributed by atoms with Gasteiger partial charge >= 0.3 is 0 Å². The van der Waals surface area contributed by atoms with Gasteiger partial charge in [-0.15, -0.1) is 0 Å². The molecule has 100 valence electrons. The van der Waals surface area contributed by atoms with Crippen molar-refractivity contribution in [2.45, 2.75) is 0 Å². The van der Waals surface area contributed by atoms with Crippen LogP contribution < -0.4 is 21.2 Å². The van der Waals surface area contributed by atoms with Crippen LogP contribution in [0.2, 0.25) is 0 Å². The predicted molar refractivity (Wildman–Crippen MR) is 94.2 cm³/mol. The van der Waals surface area contributed by atoms with E-state index < -0.39 is 0 Å². The molecule has 0 radical (unpaired) electrons. The highest BCUT2D eigenvalue weighted by atomic mass is 79.9. The van der Waals surface area contributed by atoms with Gasteiger partial charge in [-0.05, 0) is 56.1 Å². The Morgan fingerprint density at radius 3 is 1.40 bits per heavy atom. The van der Waals surface area contributed by atoms with Crippen LogP contribution in [0.1, 0.15) is 0 Å². The third kappa shape index (κ3) is 2.84. The van der Waals surface area contributed by atoms with Crippen molar-refractivity contribution in [3.63, 3.8) is 0 Å². The Bertz CT molecular complexity index is 869. The van der Waals surface area contributed by atoms with Crippen LogP contribution in [0.3, 0.4) is 0 Å². The molecule has 2 nitrogen and oxygen atoms in total. The summed E-state index contributed by atoms with van der Waals surface area (Å²) in [5.41, 5.74) is 0. The number of hydrogen-bond acceptors (Lipinski definition) is 2. The molecule has 20 heavy (non-hydrogen) atoms. The second-order valence-corrected chi connectivity index (χ2v) is 7.71. The first-order valence-electron chi connectivity index (χ1n) is 5.61. The fourth-order valence-electron chi connectivity index (χ4n) is 1.91. The van der Waals surface area contributed by atoms with Crippen LogP contribution in [0.5, 0.6) is 0 Å². The van der Waals surface area contributed by atoms with Gasteiger partial charge in [-0.3, -0.25) is 9.98 Å². The van der Waals surface area contributed by atoms with Crippen LogP contribution in [0.15, 0.2) is 52.1 Å². The van der Waals surface area contributed by atoms with E-state index in [0.717, 1.165) is 39.0 Å². The van der Waals surface area contributed by atoms with Gasteiger partial charge in [-0.2, -0.15) is 0 Å². The van der Waals surface area contributed by atoms with Gasteiger partial charge in [0.15, 0.2) is 0 Å². The summed E-state index contributed by atoms with van der Waals surface area (Å²) in [4.78, 5) is 9.17. The number of rotatable bonds is 0. The van der Waals surface area contributed by atoms with Gasteiger partial charge in [0.1, 0.15) is 0 Å². The van der Waals surface area contributed by atoms with Gasteiger partial charge in [0.05, 0.1) is 10.7 Å². The van der Waals surface area contributed by atoms with Crippen molar-refractivity contribution >= 4 is 76.1 Å². The van der Waals surface area contributed by atoms with Crippen LogP contribution in [-0.4, -0.2) is 0 Å². The van der Waals surface area contributed by atoms with Crippen molar-refractivity contribution in [2.75, 3.05) is 0 Å². The van der Waals surface area contributed by atoms with Crippen molar-refractivity contribution in [1.29, 1.82) is 0 Å². The Labute approximate surface area is 148 Å². The Kier molecular flexibility index (Phi) is 4.26. The monoisotopic (exact) mass is 518 g/mol. The zero-order valence-electron chi connectivity index (χ0n) is 9.87. The van der Waals surface area contributed by atoms with Crippen LogP contribution in [0, 0.1) is 0 Å². The average Bonchev–Trinajstić information content (AvgIpc) is 2.33. The zero-order chi connectivity index (χ0) is 14.3. The van der Waals surface area contributed by atoms with Gasteiger partial charge in [0.25, 0.3) is 0 Å². The topological polar surface area (TPSA) is 24.7 Å². The van der Waals surface area contributed by atoms with Crippen molar-refractivity contribution in [1.82, 2.24) is 0 Å². The molecule has 0 N–H and O–H groups in total. The van der Waals surface area contributed by atoms with Crippen LogP contribution in [0.25, 0.3) is 12.4 Å². The second kappa shape index (κ2) is 5.83. The minimum Gasteiger partial charge on any atom is -0.254 e. The molecule has 0 bridgehead atoms. The van der Waals surface area contributed by atoms with Crippen LogP contribution in [-0.2, 0) is 0 Å². The molecule has 0 amide bonds. The second-order valence-electron chi connectivity index (χ2n) is 4.17. The maximum absolute atomic E-state index is 4.59. The Morgan fingerprint density at radius 1 is 0.600 bits per heavy atom. The molecule has 6 heteroatoms. The smallest absolute Gasteiger partial charge is 0.0860 e.